The number of hydrogen-bond donors (Lipinski definition) is 0. The van der Waals surface area contributed by atoms with Crippen LogP contribution in [0.15, 0.2) is 42.5 Å². The Bertz CT molecular complexity index is 689. The number of aldehydes is 1. The molecule has 2 aliphatic carbocycles. The van der Waals surface area contributed by atoms with Crippen LogP contribution in [0.5, 0.6) is 0 Å². The molecule has 4 aliphatic rings. The summed E-state index contributed by atoms with van der Waals surface area (Å²) in [7, 11) is 1.61. The van der Waals surface area contributed by atoms with Crippen molar-refractivity contribution in [2.24, 2.45) is 23.2 Å². The predicted octanol–water partition coefficient (Wildman–Crippen LogP) is 2.48. The Balaban J connectivity index is 1.51. The zero-order valence-electron chi connectivity index (χ0n) is 14.1. The molecule has 0 amide bonds. The van der Waals surface area contributed by atoms with Gasteiger partial charge < -0.3 is 23.7 Å². The zero-order chi connectivity index (χ0) is 17.0. The van der Waals surface area contributed by atoms with Gasteiger partial charge in [0.05, 0.1) is 18.1 Å². The van der Waals surface area contributed by atoms with Crippen molar-refractivity contribution < 1.29 is 23.7 Å². The summed E-state index contributed by atoms with van der Waals surface area (Å²) in [6, 6.07) is 9.92. The van der Waals surface area contributed by atoms with Crippen LogP contribution in [-0.2, 0) is 23.7 Å². The average Bonchev–Trinajstić information content (AvgIpc) is 3.28. The van der Waals surface area contributed by atoms with Gasteiger partial charge in [0.25, 0.3) is 0 Å². The molecule has 2 heterocycles. The van der Waals surface area contributed by atoms with E-state index in [0.29, 0.717) is 12.5 Å². The monoisotopic (exact) mass is 342 g/mol. The van der Waals surface area contributed by atoms with Gasteiger partial charge in [-0.1, -0.05) is 42.5 Å². The van der Waals surface area contributed by atoms with Crippen LogP contribution in [0.1, 0.15) is 18.3 Å². The SMILES string of the molecule is COC1OC2COC(c3ccccc3)OC2C2C3C=CC(C3)C12C=O. The van der Waals surface area contributed by atoms with Crippen LogP contribution in [0.25, 0.3) is 0 Å². The molecule has 1 saturated carbocycles. The molecule has 2 aliphatic heterocycles. The van der Waals surface area contributed by atoms with E-state index in [2.05, 4.69) is 12.2 Å². The van der Waals surface area contributed by atoms with Gasteiger partial charge in [-0.05, 0) is 18.3 Å². The van der Waals surface area contributed by atoms with Gasteiger partial charge >= 0.3 is 0 Å². The Morgan fingerprint density at radius 3 is 2.80 bits per heavy atom. The van der Waals surface area contributed by atoms with Crippen molar-refractivity contribution in [3.05, 3.63) is 48.0 Å². The fraction of sp³-hybridized carbons (Fsp3) is 0.550. The van der Waals surface area contributed by atoms with Crippen molar-refractivity contribution in [2.75, 3.05) is 13.7 Å². The summed E-state index contributed by atoms with van der Waals surface area (Å²) in [5.74, 6) is 0.560. The van der Waals surface area contributed by atoms with E-state index in [1.54, 1.807) is 7.11 Å². The number of hydrogen-bond acceptors (Lipinski definition) is 5. The lowest BCUT2D eigenvalue weighted by molar-refractivity contribution is -0.356. The molecule has 8 atom stereocenters. The second kappa shape index (κ2) is 5.74. The minimum absolute atomic E-state index is 0.0683. The van der Waals surface area contributed by atoms with E-state index in [4.69, 9.17) is 18.9 Å². The summed E-state index contributed by atoms with van der Waals surface area (Å²) in [5.41, 5.74) is 0.332. The number of carbonyl (C=O) groups is 1. The Labute approximate surface area is 146 Å². The maximum absolute atomic E-state index is 12.3. The third kappa shape index (κ3) is 2.07. The number of carbonyl (C=O) groups excluding carboxylic acids is 1. The van der Waals surface area contributed by atoms with E-state index in [9.17, 15) is 4.79 Å². The normalized spacial score (nSPS) is 47.3. The van der Waals surface area contributed by atoms with Crippen molar-refractivity contribution in [1.29, 1.82) is 0 Å². The van der Waals surface area contributed by atoms with Crippen molar-refractivity contribution >= 4 is 6.29 Å². The smallest absolute Gasteiger partial charge is 0.184 e. The summed E-state index contributed by atoms with van der Waals surface area (Å²) < 4.78 is 24.0. The van der Waals surface area contributed by atoms with E-state index < -0.39 is 18.0 Å². The van der Waals surface area contributed by atoms with Gasteiger partial charge in [0.1, 0.15) is 12.4 Å². The number of rotatable bonds is 3. The van der Waals surface area contributed by atoms with Gasteiger partial charge in [0, 0.05) is 18.6 Å². The summed E-state index contributed by atoms with van der Waals surface area (Å²) >= 11 is 0. The first-order valence-electron chi connectivity index (χ1n) is 8.93. The number of methoxy groups -OCH3 is 1. The van der Waals surface area contributed by atoms with Gasteiger partial charge in [-0.3, -0.25) is 0 Å². The topological polar surface area (TPSA) is 54.0 Å². The predicted molar refractivity (Wildman–Crippen MR) is 88.4 cm³/mol. The quantitative estimate of drug-likeness (QED) is 0.624. The van der Waals surface area contributed by atoms with Crippen LogP contribution >= 0.6 is 0 Å². The van der Waals surface area contributed by atoms with Crippen LogP contribution < -0.4 is 0 Å². The molecular weight excluding hydrogens is 320 g/mol. The van der Waals surface area contributed by atoms with Crippen molar-refractivity contribution in [1.82, 2.24) is 0 Å². The minimum atomic E-state index is -0.659. The third-order valence-electron chi connectivity index (χ3n) is 6.41. The maximum atomic E-state index is 12.3. The highest BCUT2D eigenvalue weighted by atomic mass is 16.7. The molecule has 2 bridgehead atoms. The standard InChI is InChI=1S/C20H22O5/c1-22-19-20(11-21)14-8-7-13(9-14)16(20)17-15(24-19)10-23-18(25-17)12-5-3-2-4-6-12/h2-8,11,13-19H,9-10H2,1H3. The highest BCUT2D eigenvalue weighted by molar-refractivity contribution is 5.65. The molecule has 5 nitrogen and oxygen atoms in total. The third-order valence-corrected chi connectivity index (χ3v) is 6.41. The van der Waals surface area contributed by atoms with Crippen LogP contribution in [0.3, 0.4) is 0 Å². The molecule has 1 aromatic rings. The fourth-order valence-electron chi connectivity index (χ4n) is 5.36. The first-order valence-corrected chi connectivity index (χ1v) is 8.93. The number of ether oxygens (including phenoxy) is 4. The molecule has 0 N–H and O–H groups in total. The molecule has 8 unspecified atom stereocenters. The number of allylic oxidation sites excluding steroid dienone is 2. The van der Waals surface area contributed by atoms with Crippen LogP contribution in [0, 0.1) is 23.2 Å². The average molecular weight is 342 g/mol. The lowest BCUT2D eigenvalue weighted by Gasteiger charge is -2.54. The highest BCUT2D eigenvalue weighted by Crippen LogP contribution is 2.62. The molecule has 3 fully saturated rings. The Morgan fingerprint density at radius 1 is 1.20 bits per heavy atom. The number of fused-ring (bicyclic) bond motifs is 7. The molecule has 1 aromatic carbocycles. The largest absolute Gasteiger partial charge is 0.355 e. The second-order valence-corrected chi connectivity index (χ2v) is 7.45. The molecule has 2 saturated heterocycles. The molecule has 5 rings (SSSR count). The molecular formula is C20H22O5. The summed E-state index contributed by atoms with van der Waals surface area (Å²) in [4.78, 5) is 12.3. The maximum Gasteiger partial charge on any atom is 0.184 e. The van der Waals surface area contributed by atoms with Gasteiger partial charge in [0.15, 0.2) is 12.6 Å². The van der Waals surface area contributed by atoms with Crippen molar-refractivity contribution in [3.63, 3.8) is 0 Å². The van der Waals surface area contributed by atoms with E-state index >= 15 is 0 Å². The molecule has 0 spiro atoms. The van der Waals surface area contributed by atoms with Crippen molar-refractivity contribution in [2.45, 2.75) is 31.2 Å². The van der Waals surface area contributed by atoms with Gasteiger partial charge in [-0.2, -0.15) is 0 Å². The van der Waals surface area contributed by atoms with Crippen LogP contribution in [0.2, 0.25) is 0 Å². The first-order chi connectivity index (χ1) is 12.3. The van der Waals surface area contributed by atoms with Crippen LogP contribution in [-0.4, -0.2) is 38.5 Å². The fourth-order valence-corrected chi connectivity index (χ4v) is 5.36. The Hall–Kier alpha value is -1.53. The molecule has 132 valence electrons. The molecule has 0 radical (unpaired) electrons. The van der Waals surface area contributed by atoms with Gasteiger partial charge in [-0.15, -0.1) is 0 Å². The summed E-state index contributed by atoms with van der Waals surface area (Å²) in [6.45, 7) is 0.441. The van der Waals surface area contributed by atoms with E-state index in [1.165, 1.54) is 0 Å². The summed E-state index contributed by atoms with van der Waals surface area (Å²) in [5, 5.41) is 0. The van der Waals surface area contributed by atoms with Gasteiger partial charge in [0.2, 0.25) is 0 Å². The van der Waals surface area contributed by atoms with Crippen LogP contribution in [0.4, 0.5) is 0 Å². The Morgan fingerprint density at radius 2 is 2.04 bits per heavy atom. The number of benzene rings is 1. The highest BCUT2D eigenvalue weighted by Gasteiger charge is 2.68. The zero-order valence-corrected chi connectivity index (χ0v) is 14.1. The van der Waals surface area contributed by atoms with Gasteiger partial charge in [-0.25, -0.2) is 0 Å². The molecule has 5 heteroatoms. The summed E-state index contributed by atoms with van der Waals surface area (Å²) in [6.07, 6.45) is 5.07. The Kier molecular flexibility index (Phi) is 3.61. The second-order valence-electron chi connectivity index (χ2n) is 7.45. The molecule has 25 heavy (non-hydrogen) atoms. The van der Waals surface area contributed by atoms with E-state index in [1.807, 2.05) is 30.3 Å². The first kappa shape index (κ1) is 15.7. The lowest BCUT2D eigenvalue weighted by atomic mass is 9.64. The molecule has 0 aromatic heterocycles. The van der Waals surface area contributed by atoms with E-state index in [-0.39, 0.29) is 24.0 Å². The van der Waals surface area contributed by atoms with E-state index in [0.717, 1.165) is 18.3 Å². The minimum Gasteiger partial charge on any atom is -0.355 e. The van der Waals surface area contributed by atoms with Crippen molar-refractivity contribution in [3.8, 4) is 0 Å². The lowest BCUT2D eigenvalue weighted by Crippen LogP contribution is -2.64.